The van der Waals surface area contributed by atoms with Gasteiger partial charge in [-0.1, -0.05) is 11.6 Å². The number of nitrogens with zero attached hydrogens (tertiary/aromatic N) is 2. The minimum Gasteiger partial charge on any atom is -0.392 e. The standard InChI is InChI=1S/C19H21ClF2N4O4S/c20-16-17(23-10-31(29,30)25-7-5-12(27)9-25)15-2-1-6-26(15)18(16)19(28)24-11-3-4-13(21)14(22)8-11/h3-4,8,12,23,27H,1-2,5-7,9-10H2,(H,24,28). The lowest BCUT2D eigenvalue weighted by molar-refractivity contribution is 0.101. The third-order valence-corrected chi connectivity index (χ3v) is 7.45. The van der Waals surface area contributed by atoms with Crippen LogP contribution < -0.4 is 10.6 Å². The number of hydrogen-bond donors (Lipinski definition) is 3. The van der Waals surface area contributed by atoms with Crippen LogP contribution in [0, 0.1) is 11.6 Å². The van der Waals surface area contributed by atoms with Gasteiger partial charge < -0.3 is 20.3 Å². The van der Waals surface area contributed by atoms with E-state index in [1.807, 2.05) is 0 Å². The number of halogens is 3. The van der Waals surface area contributed by atoms with E-state index in [1.54, 1.807) is 4.57 Å². The summed E-state index contributed by atoms with van der Waals surface area (Å²) >= 11 is 6.45. The van der Waals surface area contributed by atoms with E-state index in [9.17, 15) is 27.1 Å². The first-order valence-electron chi connectivity index (χ1n) is 9.74. The van der Waals surface area contributed by atoms with Gasteiger partial charge in [0.25, 0.3) is 5.91 Å². The number of carbonyl (C=O) groups excluding carboxylic acids is 1. The largest absolute Gasteiger partial charge is 0.392 e. The van der Waals surface area contributed by atoms with Crippen molar-refractivity contribution in [3.63, 3.8) is 0 Å². The molecule has 12 heteroatoms. The Bertz CT molecular complexity index is 1140. The van der Waals surface area contributed by atoms with Crippen LogP contribution in [0.5, 0.6) is 0 Å². The first-order valence-corrected chi connectivity index (χ1v) is 11.7. The highest BCUT2D eigenvalue weighted by Gasteiger charge is 2.33. The third kappa shape index (κ3) is 4.27. The van der Waals surface area contributed by atoms with Gasteiger partial charge >= 0.3 is 0 Å². The minimum atomic E-state index is -3.68. The predicted octanol–water partition coefficient (Wildman–Crippen LogP) is 2.38. The van der Waals surface area contributed by atoms with Crippen molar-refractivity contribution in [3.05, 3.63) is 46.2 Å². The summed E-state index contributed by atoms with van der Waals surface area (Å²) in [5, 5.41) is 15.0. The molecule has 1 unspecified atom stereocenters. The number of nitrogens with one attached hydrogen (secondary N) is 2. The Morgan fingerprint density at radius 3 is 2.71 bits per heavy atom. The summed E-state index contributed by atoms with van der Waals surface area (Å²) in [4.78, 5) is 12.8. The zero-order valence-electron chi connectivity index (χ0n) is 16.4. The van der Waals surface area contributed by atoms with Crippen LogP contribution in [0.2, 0.25) is 5.02 Å². The molecule has 1 saturated heterocycles. The number of amides is 1. The zero-order chi connectivity index (χ0) is 22.3. The molecule has 1 atom stereocenters. The number of hydrogen-bond acceptors (Lipinski definition) is 5. The molecule has 0 saturated carbocycles. The van der Waals surface area contributed by atoms with Gasteiger partial charge in [-0.25, -0.2) is 17.2 Å². The molecule has 3 N–H and O–H groups in total. The minimum absolute atomic E-state index is 0.0491. The van der Waals surface area contributed by atoms with Crippen molar-refractivity contribution in [2.75, 3.05) is 29.6 Å². The van der Waals surface area contributed by atoms with E-state index in [1.165, 1.54) is 10.4 Å². The number of anilines is 2. The number of sulfonamides is 1. The molecule has 0 spiro atoms. The molecular formula is C19H21ClF2N4O4S. The van der Waals surface area contributed by atoms with Gasteiger partial charge in [0.05, 0.1) is 16.8 Å². The molecule has 1 amide bonds. The summed E-state index contributed by atoms with van der Waals surface area (Å²) in [6, 6.07) is 3.00. The van der Waals surface area contributed by atoms with Gasteiger partial charge in [0.15, 0.2) is 11.6 Å². The average molecular weight is 475 g/mol. The highest BCUT2D eigenvalue weighted by molar-refractivity contribution is 7.89. The van der Waals surface area contributed by atoms with E-state index < -0.39 is 39.5 Å². The molecule has 4 rings (SSSR count). The molecule has 0 aliphatic carbocycles. The fourth-order valence-electron chi connectivity index (χ4n) is 3.93. The second kappa shape index (κ2) is 8.38. The number of aromatic nitrogens is 1. The van der Waals surface area contributed by atoms with Crippen molar-refractivity contribution in [2.45, 2.75) is 31.9 Å². The predicted molar refractivity (Wildman–Crippen MR) is 112 cm³/mol. The summed E-state index contributed by atoms with van der Waals surface area (Å²) in [5.41, 5.74) is 1.25. The molecule has 1 fully saturated rings. The molecule has 0 radical (unpaired) electrons. The highest BCUT2D eigenvalue weighted by atomic mass is 35.5. The van der Waals surface area contributed by atoms with Crippen molar-refractivity contribution in [1.29, 1.82) is 0 Å². The molecule has 8 nitrogen and oxygen atoms in total. The Morgan fingerprint density at radius 2 is 2.03 bits per heavy atom. The third-order valence-electron chi connectivity index (χ3n) is 5.45. The Labute approximate surface area is 182 Å². The van der Waals surface area contributed by atoms with Crippen LogP contribution >= 0.6 is 11.6 Å². The maximum Gasteiger partial charge on any atom is 0.273 e. The lowest BCUT2D eigenvalue weighted by Crippen LogP contribution is -2.34. The van der Waals surface area contributed by atoms with E-state index in [-0.39, 0.29) is 29.5 Å². The van der Waals surface area contributed by atoms with Crippen LogP contribution in [-0.2, 0) is 23.0 Å². The normalized spacial score (nSPS) is 18.9. The molecule has 0 bridgehead atoms. The summed E-state index contributed by atoms with van der Waals surface area (Å²) in [6.07, 6.45) is 1.06. The van der Waals surface area contributed by atoms with Gasteiger partial charge in [-0.05, 0) is 31.4 Å². The number of aliphatic hydroxyl groups excluding tert-OH is 1. The van der Waals surface area contributed by atoms with Crippen molar-refractivity contribution in [2.24, 2.45) is 0 Å². The smallest absolute Gasteiger partial charge is 0.273 e. The molecule has 2 aromatic rings. The molecule has 168 valence electrons. The maximum atomic E-state index is 13.5. The number of carbonyl (C=O) groups is 1. The summed E-state index contributed by atoms with van der Waals surface area (Å²) < 4.78 is 54.6. The van der Waals surface area contributed by atoms with E-state index in [0.717, 1.165) is 18.6 Å². The first-order chi connectivity index (χ1) is 14.7. The van der Waals surface area contributed by atoms with E-state index in [0.29, 0.717) is 30.8 Å². The van der Waals surface area contributed by atoms with Crippen LogP contribution in [0.25, 0.3) is 0 Å². The number of aliphatic hydroxyl groups is 1. The topological polar surface area (TPSA) is 104 Å². The number of β-amino-alcohol motifs (C(OH)–C–C–N with tert-alkyl or cyclic N) is 1. The Hall–Kier alpha value is -2.21. The molecule has 2 aliphatic rings. The molecule has 1 aromatic heterocycles. The number of benzene rings is 1. The highest BCUT2D eigenvalue weighted by Crippen LogP contribution is 2.38. The SMILES string of the molecule is O=C(Nc1ccc(F)c(F)c1)c1c(Cl)c(NCS(=O)(=O)N2CCC(O)C2)c2n1CCC2. The van der Waals surface area contributed by atoms with Crippen molar-refractivity contribution in [3.8, 4) is 0 Å². The molecular weight excluding hydrogens is 454 g/mol. The fourth-order valence-corrected chi connectivity index (χ4v) is 5.58. The molecule has 31 heavy (non-hydrogen) atoms. The van der Waals surface area contributed by atoms with Crippen LogP contribution in [-0.4, -0.2) is 53.4 Å². The second-order valence-corrected chi connectivity index (χ2v) is 9.90. The zero-order valence-corrected chi connectivity index (χ0v) is 17.9. The number of rotatable bonds is 6. The Morgan fingerprint density at radius 1 is 1.26 bits per heavy atom. The average Bonchev–Trinajstić information content (AvgIpc) is 3.40. The van der Waals surface area contributed by atoms with E-state index >= 15 is 0 Å². The van der Waals surface area contributed by atoms with Crippen molar-refractivity contribution < 1.29 is 27.1 Å². The van der Waals surface area contributed by atoms with Gasteiger partial charge in [-0.2, -0.15) is 4.31 Å². The summed E-state index contributed by atoms with van der Waals surface area (Å²) in [7, 11) is -3.68. The maximum absolute atomic E-state index is 13.5. The van der Waals surface area contributed by atoms with Gasteiger partial charge in [-0.15, -0.1) is 0 Å². The van der Waals surface area contributed by atoms with E-state index in [2.05, 4.69) is 10.6 Å². The van der Waals surface area contributed by atoms with Crippen molar-refractivity contribution >= 4 is 38.9 Å². The van der Waals surface area contributed by atoms with Gasteiger partial charge in [0.2, 0.25) is 10.0 Å². The van der Waals surface area contributed by atoms with E-state index in [4.69, 9.17) is 11.6 Å². The van der Waals surface area contributed by atoms with Crippen LogP contribution in [0.3, 0.4) is 0 Å². The van der Waals surface area contributed by atoms with Gasteiger partial charge in [-0.3, -0.25) is 4.79 Å². The Balaban J connectivity index is 1.56. The van der Waals surface area contributed by atoms with Gasteiger partial charge in [0, 0.05) is 37.1 Å². The van der Waals surface area contributed by atoms with Crippen LogP contribution in [0.1, 0.15) is 29.0 Å². The molecule has 1 aromatic carbocycles. The molecule has 3 heterocycles. The Kier molecular flexibility index (Phi) is 5.95. The first kappa shape index (κ1) is 22.0. The van der Waals surface area contributed by atoms with Gasteiger partial charge in [0.1, 0.15) is 11.6 Å². The lowest BCUT2D eigenvalue weighted by Gasteiger charge is -2.17. The van der Waals surface area contributed by atoms with Crippen LogP contribution in [0.15, 0.2) is 18.2 Å². The van der Waals surface area contributed by atoms with Crippen molar-refractivity contribution in [1.82, 2.24) is 8.87 Å². The summed E-state index contributed by atoms with van der Waals surface area (Å²) in [5.74, 6) is -3.17. The monoisotopic (exact) mass is 474 g/mol. The fraction of sp³-hybridized carbons (Fsp3) is 0.421. The quantitative estimate of drug-likeness (QED) is 0.596. The summed E-state index contributed by atoms with van der Waals surface area (Å²) in [6.45, 7) is 0.810. The van der Waals surface area contributed by atoms with Crippen LogP contribution in [0.4, 0.5) is 20.2 Å². The number of fused-ring (bicyclic) bond motifs is 1. The lowest BCUT2D eigenvalue weighted by atomic mass is 10.2. The molecule has 2 aliphatic heterocycles. The second-order valence-electron chi connectivity index (χ2n) is 7.56.